The first-order valence-electron chi connectivity index (χ1n) is 11.7. The standard InChI is InChI=1S/C22H26ClFN5O8P/c1-22(9-30,38(33,34)35)36-8-15-16(31)17(32)20(37-15)29-19-13(7-25-29)18(27-21(23)28-19)26-14-5-3-10-2-4-11(24)6-12(10)14/h2,4,6-7,14-17,20,30-32H,3,5,8-9H2,1H3,(H,26,27,28)(H2,33,34,35)/t14?,15-,16-,17-,20-,22+/m1/s1. The Morgan fingerprint density at radius 3 is 2.79 bits per heavy atom. The highest BCUT2D eigenvalue weighted by Gasteiger charge is 2.48. The third-order valence-electron chi connectivity index (χ3n) is 6.97. The van der Waals surface area contributed by atoms with E-state index in [4.69, 9.17) is 21.1 Å². The highest BCUT2D eigenvalue weighted by Crippen LogP contribution is 2.51. The monoisotopic (exact) mass is 573 g/mol. The number of fused-ring (bicyclic) bond motifs is 2. The van der Waals surface area contributed by atoms with Crippen molar-refractivity contribution >= 4 is 36.0 Å². The number of aromatic nitrogens is 4. The van der Waals surface area contributed by atoms with E-state index in [1.807, 2.05) is 0 Å². The lowest BCUT2D eigenvalue weighted by atomic mass is 10.1. The Labute approximate surface area is 220 Å². The Bertz CT molecular complexity index is 1410. The summed E-state index contributed by atoms with van der Waals surface area (Å²) in [5.74, 6) is -0.0117. The maximum Gasteiger partial charge on any atom is 0.359 e. The summed E-state index contributed by atoms with van der Waals surface area (Å²) in [5.41, 5.74) is 2.01. The number of rotatable bonds is 8. The molecule has 2 aromatic heterocycles. The minimum absolute atomic E-state index is 0.132. The molecule has 1 aliphatic heterocycles. The van der Waals surface area contributed by atoms with Crippen molar-refractivity contribution in [3.8, 4) is 0 Å². The van der Waals surface area contributed by atoms with Crippen LogP contribution in [0.2, 0.25) is 5.28 Å². The highest BCUT2D eigenvalue weighted by molar-refractivity contribution is 7.53. The van der Waals surface area contributed by atoms with Gasteiger partial charge in [-0.05, 0) is 54.6 Å². The molecule has 1 aliphatic carbocycles. The number of benzene rings is 1. The zero-order chi connectivity index (χ0) is 27.4. The first kappa shape index (κ1) is 27.3. The predicted molar refractivity (Wildman–Crippen MR) is 131 cm³/mol. The van der Waals surface area contributed by atoms with E-state index in [0.29, 0.717) is 17.6 Å². The number of hydrogen-bond acceptors (Lipinski definition) is 10. The molecule has 0 saturated carbocycles. The molecular formula is C22H26ClFN5O8P. The zero-order valence-electron chi connectivity index (χ0n) is 20.0. The van der Waals surface area contributed by atoms with Crippen molar-refractivity contribution in [1.82, 2.24) is 19.7 Å². The molecule has 0 bridgehead atoms. The molecule has 16 heteroatoms. The van der Waals surface area contributed by atoms with Gasteiger partial charge in [0, 0.05) is 0 Å². The molecule has 13 nitrogen and oxygen atoms in total. The molecule has 1 saturated heterocycles. The SMILES string of the molecule is C[C@](CO)(OC[C@H]1O[C@@H](n2ncc3c(NC4CCc5ccc(F)cc54)nc(Cl)nc32)[C@H](O)[C@@H]1O)P(=O)(O)O. The second kappa shape index (κ2) is 10.0. The van der Waals surface area contributed by atoms with E-state index in [1.165, 1.54) is 23.0 Å². The van der Waals surface area contributed by atoms with Crippen molar-refractivity contribution < 1.29 is 43.5 Å². The fourth-order valence-electron chi connectivity index (χ4n) is 4.64. The quantitative estimate of drug-likeness (QED) is 0.167. The first-order valence-corrected chi connectivity index (χ1v) is 13.7. The van der Waals surface area contributed by atoms with Gasteiger partial charge in [0.2, 0.25) is 5.28 Å². The Kier molecular flexibility index (Phi) is 7.22. The Hall–Kier alpha value is -2.26. The molecule has 2 aliphatic rings. The molecule has 3 aromatic rings. The summed E-state index contributed by atoms with van der Waals surface area (Å²) in [6.45, 7) is -0.510. The maximum absolute atomic E-state index is 13.9. The minimum Gasteiger partial charge on any atom is -0.393 e. The molecule has 0 amide bonds. The number of aryl methyl sites for hydroxylation is 1. The average Bonchev–Trinajstić information content (AvgIpc) is 3.53. The van der Waals surface area contributed by atoms with Crippen LogP contribution in [0.4, 0.5) is 10.2 Å². The number of nitrogens with zero attached hydrogens (tertiary/aromatic N) is 4. The van der Waals surface area contributed by atoms with E-state index in [0.717, 1.165) is 24.5 Å². The van der Waals surface area contributed by atoms with Crippen molar-refractivity contribution in [1.29, 1.82) is 0 Å². The van der Waals surface area contributed by atoms with Gasteiger partial charge < -0.3 is 39.9 Å². The molecule has 206 valence electrons. The topological polar surface area (TPSA) is 192 Å². The molecule has 38 heavy (non-hydrogen) atoms. The predicted octanol–water partition coefficient (Wildman–Crippen LogP) is 1.24. The number of halogens is 2. The van der Waals surface area contributed by atoms with Crippen LogP contribution in [0.5, 0.6) is 0 Å². The summed E-state index contributed by atoms with van der Waals surface area (Å²) >= 11 is 6.19. The van der Waals surface area contributed by atoms with Gasteiger partial charge in [0.1, 0.15) is 29.9 Å². The Balaban J connectivity index is 1.39. The van der Waals surface area contributed by atoms with Crippen molar-refractivity contribution in [2.45, 2.75) is 55.7 Å². The number of aliphatic hydroxyl groups excluding tert-OH is 3. The number of hydrogen-bond donors (Lipinski definition) is 6. The summed E-state index contributed by atoms with van der Waals surface area (Å²) in [4.78, 5) is 27.4. The number of nitrogens with one attached hydrogen (secondary N) is 1. The van der Waals surface area contributed by atoms with Gasteiger partial charge in [-0.25, -0.2) is 9.07 Å². The third kappa shape index (κ3) is 4.81. The van der Waals surface area contributed by atoms with Crippen LogP contribution >= 0.6 is 19.2 Å². The van der Waals surface area contributed by atoms with Crippen LogP contribution in [0.25, 0.3) is 11.0 Å². The van der Waals surface area contributed by atoms with Crippen LogP contribution < -0.4 is 5.32 Å². The van der Waals surface area contributed by atoms with Gasteiger partial charge in [0.05, 0.1) is 30.8 Å². The van der Waals surface area contributed by atoms with E-state index in [1.54, 1.807) is 6.07 Å². The van der Waals surface area contributed by atoms with E-state index < -0.39 is 50.7 Å². The number of aliphatic hydroxyl groups is 3. The average molecular weight is 574 g/mol. The fourth-order valence-corrected chi connectivity index (χ4v) is 5.23. The summed E-state index contributed by atoms with van der Waals surface area (Å²) in [7, 11) is -4.87. The lowest BCUT2D eigenvalue weighted by Gasteiger charge is -2.29. The molecule has 3 heterocycles. The first-order chi connectivity index (χ1) is 17.9. The van der Waals surface area contributed by atoms with Gasteiger partial charge in [-0.2, -0.15) is 15.1 Å². The fraction of sp³-hybridized carbons (Fsp3) is 0.500. The Morgan fingerprint density at radius 1 is 1.32 bits per heavy atom. The molecule has 0 radical (unpaired) electrons. The molecule has 1 fully saturated rings. The van der Waals surface area contributed by atoms with Crippen molar-refractivity contribution in [2.24, 2.45) is 0 Å². The second-order valence-corrected chi connectivity index (χ2v) is 11.9. The molecule has 1 aromatic carbocycles. The van der Waals surface area contributed by atoms with Gasteiger partial charge in [-0.15, -0.1) is 0 Å². The van der Waals surface area contributed by atoms with E-state index in [2.05, 4.69) is 20.4 Å². The lowest BCUT2D eigenvalue weighted by Crippen LogP contribution is -2.39. The second-order valence-electron chi connectivity index (χ2n) is 9.48. The molecular weight excluding hydrogens is 548 g/mol. The molecule has 0 spiro atoms. The summed E-state index contributed by atoms with van der Waals surface area (Å²) in [6.07, 6.45) is -2.61. The van der Waals surface area contributed by atoms with Crippen LogP contribution in [0.1, 0.15) is 36.7 Å². The molecule has 5 rings (SSSR count). The smallest absolute Gasteiger partial charge is 0.359 e. The highest BCUT2D eigenvalue weighted by atomic mass is 35.5. The maximum atomic E-state index is 13.9. The van der Waals surface area contributed by atoms with Crippen LogP contribution in [0, 0.1) is 5.82 Å². The van der Waals surface area contributed by atoms with Gasteiger partial charge in [-0.3, -0.25) is 4.57 Å². The summed E-state index contributed by atoms with van der Waals surface area (Å²) in [6, 6.07) is 4.41. The summed E-state index contributed by atoms with van der Waals surface area (Å²) in [5, 5.41) is 36.2. The normalized spacial score (nSPS) is 27.0. The van der Waals surface area contributed by atoms with Gasteiger partial charge >= 0.3 is 7.60 Å². The third-order valence-corrected chi connectivity index (χ3v) is 8.64. The number of anilines is 1. The van der Waals surface area contributed by atoms with Crippen LogP contribution in [-0.2, 0) is 20.5 Å². The largest absolute Gasteiger partial charge is 0.393 e. The molecule has 6 N–H and O–H groups in total. The lowest BCUT2D eigenvalue weighted by molar-refractivity contribution is -0.104. The van der Waals surface area contributed by atoms with Gasteiger partial charge in [0.15, 0.2) is 17.2 Å². The Morgan fingerprint density at radius 2 is 2.08 bits per heavy atom. The van der Waals surface area contributed by atoms with Gasteiger partial charge in [0.25, 0.3) is 0 Å². The van der Waals surface area contributed by atoms with Crippen LogP contribution in [-0.4, -0.2) is 81.7 Å². The van der Waals surface area contributed by atoms with Crippen molar-refractivity contribution in [3.63, 3.8) is 0 Å². The van der Waals surface area contributed by atoms with Crippen LogP contribution in [0.3, 0.4) is 0 Å². The van der Waals surface area contributed by atoms with E-state index in [9.17, 15) is 34.1 Å². The molecule has 6 atom stereocenters. The zero-order valence-corrected chi connectivity index (χ0v) is 21.6. The van der Waals surface area contributed by atoms with Gasteiger partial charge in [-0.1, -0.05) is 6.07 Å². The van der Waals surface area contributed by atoms with Crippen molar-refractivity contribution in [3.05, 3.63) is 46.6 Å². The van der Waals surface area contributed by atoms with Crippen molar-refractivity contribution in [2.75, 3.05) is 18.5 Å². The minimum atomic E-state index is -4.87. The molecule has 1 unspecified atom stereocenters. The van der Waals surface area contributed by atoms with E-state index >= 15 is 0 Å². The van der Waals surface area contributed by atoms with E-state index in [-0.39, 0.29) is 22.8 Å². The number of ether oxygens (including phenoxy) is 2. The van der Waals surface area contributed by atoms with Crippen LogP contribution in [0.15, 0.2) is 24.4 Å². The summed E-state index contributed by atoms with van der Waals surface area (Å²) < 4.78 is 37.7.